The van der Waals surface area contributed by atoms with E-state index in [4.69, 9.17) is 0 Å². The van der Waals surface area contributed by atoms with Crippen LogP contribution in [0.5, 0.6) is 0 Å². The van der Waals surface area contributed by atoms with Crippen LogP contribution in [0.25, 0.3) is 11.7 Å². The van der Waals surface area contributed by atoms with Crippen molar-refractivity contribution in [3.8, 4) is 0 Å². The van der Waals surface area contributed by atoms with E-state index in [1.54, 1.807) is 0 Å². The summed E-state index contributed by atoms with van der Waals surface area (Å²) in [5, 5.41) is 4.11. The van der Waals surface area contributed by atoms with E-state index in [0.29, 0.717) is 18.4 Å². The van der Waals surface area contributed by atoms with Crippen LogP contribution in [-0.4, -0.2) is 45.7 Å². The molecule has 0 radical (unpaired) electrons. The molecule has 176 valence electrons. The maximum absolute atomic E-state index is 12.7. The van der Waals surface area contributed by atoms with Crippen molar-refractivity contribution in [2.24, 2.45) is 11.8 Å². The predicted molar refractivity (Wildman–Crippen MR) is 134 cm³/mol. The molecule has 0 bridgehead atoms. The molecule has 33 heavy (non-hydrogen) atoms. The molecule has 2 amide bonds. The molecular formula is C25H31ClN4O2S. The van der Waals surface area contributed by atoms with Gasteiger partial charge < -0.3 is 10.2 Å². The Morgan fingerprint density at radius 2 is 2.00 bits per heavy atom. The number of nitrogens with zero attached hydrogens (tertiary/aromatic N) is 3. The molecule has 2 aliphatic heterocycles. The van der Waals surface area contributed by atoms with Crippen LogP contribution in [0.4, 0.5) is 0 Å². The van der Waals surface area contributed by atoms with E-state index in [9.17, 15) is 9.59 Å². The minimum atomic E-state index is -0.0126. The van der Waals surface area contributed by atoms with Crippen LogP contribution in [0.2, 0.25) is 0 Å². The van der Waals surface area contributed by atoms with Crippen molar-refractivity contribution in [3.05, 3.63) is 47.1 Å². The SMILES string of the molecule is Cl.O=C(NCCCC1CCN(C(=O)C2CC=CCC2)CC1)C1=Cc2cnc3cccc(n23)S1. The number of hydrogen-bond acceptors (Lipinski definition) is 4. The third-order valence-electron chi connectivity index (χ3n) is 6.86. The van der Waals surface area contributed by atoms with Gasteiger partial charge in [-0.3, -0.25) is 14.0 Å². The summed E-state index contributed by atoms with van der Waals surface area (Å²) in [7, 11) is 0. The summed E-state index contributed by atoms with van der Waals surface area (Å²) in [5.74, 6) is 1.19. The number of carbonyl (C=O) groups is 2. The van der Waals surface area contributed by atoms with Crippen LogP contribution >= 0.6 is 24.2 Å². The molecular weight excluding hydrogens is 456 g/mol. The van der Waals surface area contributed by atoms with Crippen molar-refractivity contribution >= 4 is 47.7 Å². The van der Waals surface area contributed by atoms with Gasteiger partial charge >= 0.3 is 0 Å². The first kappa shape index (κ1) is 23.9. The van der Waals surface area contributed by atoms with Gasteiger partial charge in [-0.1, -0.05) is 30.0 Å². The zero-order valence-corrected chi connectivity index (χ0v) is 20.4. The topological polar surface area (TPSA) is 66.7 Å². The number of piperidine rings is 1. The van der Waals surface area contributed by atoms with Crippen molar-refractivity contribution in [1.82, 2.24) is 19.6 Å². The molecule has 2 aromatic heterocycles. The maximum atomic E-state index is 12.7. The van der Waals surface area contributed by atoms with Gasteiger partial charge in [0.15, 0.2) is 0 Å². The Bertz CT molecular complexity index is 1070. The lowest BCUT2D eigenvalue weighted by Gasteiger charge is -2.34. The van der Waals surface area contributed by atoms with E-state index in [-0.39, 0.29) is 24.2 Å². The Hall–Kier alpha value is -2.25. The van der Waals surface area contributed by atoms with E-state index in [1.807, 2.05) is 30.5 Å². The van der Waals surface area contributed by atoms with E-state index in [0.717, 1.165) is 79.3 Å². The van der Waals surface area contributed by atoms with Crippen LogP contribution in [-0.2, 0) is 9.59 Å². The molecule has 1 atom stereocenters. The Balaban J connectivity index is 0.00000259. The average molecular weight is 487 g/mol. The number of rotatable bonds is 6. The quantitative estimate of drug-likeness (QED) is 0.475. The summed E-state index contributed by atoms with van der Waals surface area (Å²) >= 11 is 1.49. The van der Waals surface area contributed by atoms with Crippen molar-refractivity contribution in [2.45, 2.75) is 50.0 Å². The summed E-state index contributed by atoms with van der Waals surface area (Å²) < 4.78 is 2.07. The van der Waals surface area contributed by atoms with Gasteiger partial charge in [-0.2, -0.15) is 0 Å². The Morgan fingerprint density at radius 1 is 1.15 bits per heavy atom. The van der Waals surface area contributed by atoms with Gasteiger partial charge in [0.05, 0.1) is 21.8 Å². The lowest BCUT2D eigenvalue weighted by Crippen LogP contribution is -2.42. The van der Waals surface area contributed by atoms with E-state index in [1.165, 1.54) is 11.8 Å². The first-order valence-corrected chi connectivity index (χ1v) is 12.6. The number of likely N-dealkylation sites (tertiary alicyclic amines) is 1. The van der Waals surface area contributed by atoms with Crippen molar-refractivity contribution in [2.75, 3.05) is 19.6 Å². The van der Waals surface area contributed by atoms with Gasteiger partial charge in [-0.15, -0.1) is 12.4 Å². The highest BCUT2D eigenvalue weighted by Gasteiger charge is 2.28. The molecule has 8 heteroatoms. The molecule has 1 N–H and O–H groups in total. The van der Waals surface area contributed by atoms with E-state index < -0.39 is 0 Å². The number of aromatic nitrogens is 2. The lowest BCUT2D eigenvalue weighted by atomic mass is 9.89. The number of hydrogen-bond donors (Lipinski definition) is 1. The normalized spacial score (nSPS) is 20.3. The lowest BCUT2D eigenvalue weighted by molar-refractivity contribution is -0.137. The van der Waals surface area contributed by atoms with Crippen LogP contribution in [0.15, 0.2) is 46.5 Å². The molecule has 2 aromatic rings. The zero-order valence-electron chi connectivity index (χ0n) is 18.7. The summed E-state index contributed by atoms with van der Waals surface area (Å²) in [6.45, 7) is 2.46. The molecule has 1 aliphatic carbocycles. The Morgan fingerprint density at radius 3 is 2.79 bits per heavy atom. The molecule has 4 heterocycles. The molecule has 0 spiro atoms. The molecule has 0 saturated carbocycles. The van der Waals surface area contributed by atoms with Crippen LogP contribution < -0.4 is 5.32 Å². The minimum absolute atomic E-state index is 0. The number of allylic oxidation sites excluding steroid dienone is 2. The van der Waals surface area contributed by atoms with Gasteiger partial charge in [-0.25, -0.2) is 4.98 Å². The third-order valence-corrected chi connectivity index (χ3v) is 7.91. The molecule has 1 unspecified atom stereocenters. The van der Waals surface area contributed by atoms with Crippen LogP contribution in [0.1, 0.15) is 50.6 Å². The zero-order chi connectivity index (χ0) is 21.9. The second-order valence-electron chi connectivity index (χ2n) is 9.00. The second-order valence-corrected chi connectivity index (χ2v) is 10.1. The molecule has 3 aliphatic rings. The maximum Gasteiger partial charge on any atom is 0.258 e. The fourth-order valence-corrected chi connectivity index (χ4v) is 6.00. The van der Waals surface area contributed by atoms with Crippen LogP contribution in [0, 0.1) is 11.8 Å². The fourth-order valence-electron chi connectivity index (χ4n) is 5.00. The Labute approximate surface area is 205 Å². The largest absolute Gasteiger partial charge is 0.352 e. The Kier molecular flexibility index (Phi) is 7.81. The van der Waals surface area contributed by atoms with Crippen molar-refractivity contribution < 1.29 is 9.59 Å². The second kappa shape index (κ2) is 10.8. The van der Waals surface area contributed by atoms with E-state index >= 15 is 0 Å². The number of pyridine rings is 1. The highest BCUT2D eigenvalue weighted by atomic mass is 35.5. The van der Waals surface area contributed by atoms with Gasteiger partial charge in [0.25, 0.3) is 5.91 Å². The monoisotopic (exact) mass is 486 g/mol. The molecule has 1 saturated heterocycles. The standard InChI is InChI=1S/C25H30N4O2S.ClH/c30-24(21-16-20-17-27-22-9-4-10-23(32-21)29(20)22)26-13-5-6-18-11-14-28(15-12-18)25(31)19-7-2-1-3-8-19;/h1-2,4,9-10,16-19H,3,5-8,11-15H2,(H,26,30);1H. The number of amides is 2. The number of thioether (sulfide) groups is 1. The van der Waals surface area contributed by atoms with E-state index in [2.05, 4.69) is 31.8 Å². The summed E-state index contributed by atoms with van der Waals surface area (Å²) in [4.78, 5) is 32.6. The highest BCUT2D eigenvalue weighted by Crippen LogP contribution is 2.34. The van der Waals surface area contributed by atoms with Gasteiger partial charge in [0.1, 0.15) is 5.65 Å². The minimum Gasteiger partial charge on any atom is -0.352 e. The fraction of sp³-hybridized carbons (Fsp3) is 0.480. The van der Waals surface area contributed by atoms with Gasteiger partial charge in [-0.05, 0) is 69.1 Å². The summed E-state index contributed by atoms with van der Waals surface area (Å²) in [6.07, 6.45) is 15.3. The summed E-state index contributed by atoms with van der Waals surface area (Å²) in [5.41, 5.74) is 1.86. The van der Waals surface area contributed by atoms with Crippen molar-refractivity contribution in [3.63, 3.8) is 0 Å². The number of imidazole rings is 1. The number of carbonyl (C=O) groups excluding carboxylic acids is 2. The smallest absolute Gasteiger partial charge is 0.258 e. The summed E-state index contributed by atoms with van der Waals surface area (Å²) in [6, 6.07) is 5.96. The third kappa shape index (κ3) is 5.30. The molecule has 5 rings (SSSR count). The average Bonchev–Trinajstić information content (AvgIpc) is 3.27. The number of nitrogens with one attached hydrogen (secondary N) is 1. The van der Waals surface area contributed by atoms with Gasteiger partial charge in [0.2, 0.25) is 5.91 Å². The van der Waals surface area contributed by atoms with Gasteiger partial charge in [0, 0.05) is 25.6 Å². The molecule has 1 fully saturated rings. The molecule has 0 aromatic carbocycles. The first-order chi connectivity index (χ1) is 15.7. The van der Waals surface area contributed by atoms with Crippen LogP contribution in [0.3, 0.4) is 0 Å². The number of halogens is 1. The first-order valence-electron chi connectivity index (χ1n) is 11.8. The highest BCUT2D eigenvalue weighted by molar-refractivity contribution is 8.04. The van der Waals surface area contributed by atoms with Crippen molar-refractivity contribution in [1.29, 1.82) is 0 Å². The predicted octanol–water partition coefficient (Wildman–Crippen LogP) is 4.69. The molecule has 6 nitrogen and oxygen atoms in total.